The van der Waals surface area contributed by atoms with Crippen molar-refractivity contribution >= 4 is 28.6 Å². The zero-order chi connectivity index (χ0) is 25.5. The van der Waals surface area contributed by atoms with E-state index in [0.717, 1.165) is 27.9 Å². The number of hydrogen-bond acceptors (Lipinski definition) is 6. The van der Waals surface area contributed by atoms with Crippen LogP contribution in [0.25, 0.3) is 9.88 Å². The Kier molecular flexibility index (Phi) is 8.93. The van der Waals surface area contributed by atoms with Crippen molar-refractivity contribution in [2.24, 2.45) is 0 Å². The van der Waals surface area contributed by atoms with Crippen molar-refractivity contribution in [3.8, 4) is 9.88 Å². The molecule has 0 bridgehead atoms. The van der Waals surface area contributed by atoms with E-state index in [1.165, 1.54) is 40.4 Å². The SMILES string of the molecule is CCc1cccc(CNC[C@H](O)[C@H](Cc2cc(F)cc(F)c2)NC(=O)c2csc(-c3cccs3)n2)c1. The largest absolute Gasteiger partial charge is 0.390 e. The maximum atomic E-state index is 13.8. The predicted octanol–water partition coefficient (Wildman–Crippen LogP) is 5.20. The number of aromatic nitrogens is 1. The van der Waals surface area contributed by atoms with Gasteiger partial charge in [0.05, 0.1) is 17.0 Å². The van der Waals surface area contributed by atoms with Crippen LogP contribution in [0.1, 0.15) is 34.1 Å². The maximum absolute atomic E-state index is 13.8. The summed E-state index contributed by atoms with van der Waals surface area (Å²) in [5, 5.41) is 21.3. The first-order valence-electron chi connectivity index (χ1n) is 11.6. The standard InChI is InChI=1S/C27H27F2N3O2S2/c1-2-17-5-3-6-18(9-17)14-30-15-24(33)22(12-19-10-20(28)13-21(29)11-19)31-26(34)23-16-36-27(32-23)25-7-4-8-35-25/h3-11,13,16,22,24,30,33H,2,12,14-15H2,1H3,(H,31,34)/t22-,24-/m0/s1. The van der Waals surface area contributed by atoms with Crippen LogP contribution in [-0.2, 0) is 19.4 Å². The highest BCUT2D eigenvalue weighted by atomic mass is 32.1. The number of hydrogen-bond donors (Lipinski definition) is 3. The van der Waals surface area contributed by atoms with Crippen LogP contribution in [0.3, 0.4) is 0 Å². The van der Waals surface area contributed by atoms with E-state index in [4.69, 9.17) is 0 Å². The zero-order valence-electron chi connectivity index (χ0n) is 19.7. The number of benzene rings is 2. The summed E-state index contributed by atoms with van der Waals surface area (Å²) >= 11 is 2.89. The van der Waals surface area contributed by atoms with Crippen molar-refractivity contribution in [1.29, 1.82) is 0 Å². The number of thiazole rings is 1. The molecule has 0 fully saturated rings. The van der Waals surface area contributed by atoms with Crippen molar-refractivity contribution in [3.05, 3.63) is 99.4 Å². The second kappa shape index (κ2) is 12.3. The molecule has 4 aromatic rings. The first-order chi connectivity index (χ1) is 17.4. The lowest BCUT2D eigenvalue weighted by molar-refractivity contribution is 0.0826. The first kappa shape index (κ1) is 26.1. The predicted molar refractivity (Wildman–Crippen MR) is 140 cm³/mol. The topological polar surface area (TPSA) is 74.2 Å². The molecular weight excluding hydrogens is 500 g/mol. The molecular formula is C27H27F2N3O2S2. The molecule has 188 valence electrons. The number of thiophene rings is 1. The molecule has 0 aliphatic heterocycles. The highest BCUT2D eigenvalue weighted by molar-refractivity contribution is 7.20. The van der Waals surface area contributed by atoms with E-state index >= 15 is 0 Å². The van der Waals surface area contributed by atoms with Gasteiger partial charge >= 0.3 is 0 Å². The highest BCUT2D eigenvalue weighted by Crippen LogP contribution is 2.27. The van der Waals surface area contributed by atoms with Gasteiger partial charge in [-0.2, -0.15) is 0 Å². The van der Waals surface area contributed by atoms with E-state index in [2.05, 4.69) is 34.7 Å². The third-order valence-electron chi connectivity index (χ3n) is 5.71. The fourth-order valence-corrected chi connectivity index (χ4v) is 5.48. The molecule has 9 heteroatoms. The number of carbonyl (C=O) groups excluding carboxylic acids is 1. The number of carbonyl (C=O) groups is 1. The molecule has 2 atom stereocenters. The minimum atomic E-state index is -1.01. The Bertz CT molecular complexity index is 1270. The van der Waals surface area contributed by atoms with Gasteiger partial charge in [-0.05, 0) is 53.1 Å². The van der Waals surface area contributed by atoms with E-state index < -0.39 is 29.7 Å². The van der Waals surface area contributed by atoms with E-state index in [1.54, 1.807) is 5.38 Å². The summed E-state index contributed by atoms with van der Waals surface area (Å²) in [5.41, 5.74) is 2.87. The molecule has 4 rings (SSSR count). The van der Waals surface area contributed by atoms with Crippen molar-refractivity contribution in [2.75, 3.05) is 6.54 Å². The average Bonchev–Trinajstić information content (AvgIpc) is 3.55. The molecule has 3 N–H and O–H groups in total. The third-order valence-corrected chi connectivity index (χ3v) is 7.59. The Morgan fingerprint density at radius 2 is 1.81 bits per heavy atom. The average molecular weight is 528 g/mol. The van der Waals surface area contributed by atoms with Crippen molar-refractivity contribution in [3.63, 3.8) is 0 Å². The van der Waals surface area contributed by atoms with Gasteiger partial charge in [0, 0.05) is 24.5 Å². The number of aryl methyl sites for hydroxylation is 1. The lowest BCUT2D eigenvalue weighted by atomic mass is 10.00. The molecule has 0 radical (unpaired) electrons. The van der Waals surface area contributed by atoms with Crippen LogP contribution >= 0.6 is 22.7 Å². The number of amides is 1. The van der Waals surface area contributed by atoms with Gasteiger partial charge in [0.2, 0.25) is 0 Å². The second-order valence-corrected chi connectivity index (χ2v) is 10.3. The van der Waals surface area contributed by atoms with Crippen LogP contribution in [-0.4, -0.2) is 34.7 Å². The lowest BCUT2D eigenvalue weighted by Crippen LogP contribution is -2.48. The monoisotopic (exact) mass is 527 g/mol. The molecule has 2 aromatic heterocycles. The minimum Gasteiger partial charge on any atom is -0.390 e. The summed E-state index contributed by atoms with van der Waals surface area (Å²) in [7, 11) is 0. The van der Waals surface area contributed by atoms with Crippen LogP contribution in [0.2, 0.25) is 0 Å². The summed E-state index contributed by atoms with van der Waals surface area (Å²) in [6.07, 6.45) is -0.0270. The number of aliphatic hydroxyl groups is 1. The summed E-state index contributed by atoms with van der Waals surface area (Å²) < 4.78 is 27.6. The van der Waals surface area contributed by atoms with Gasteiger partial charge in [0.15, 0.2) is 0 Å². The molecule has 2 aromatic carbocycles. The van der Waals surface area contributed by atoms with Crippen LogP contribution in [0.15, 0.2) is 65.4 Å². The molecule has 0 saturated carbocycles. The molecule has 0 aliphatic carbocycles. The molecule has 2 heterocycles. The van der Waals surface area contributed by atoms with Crippen molar-refractivity contribution in [2.45, 2.75) is 38.5 Å². The van der Waals surface area contributed by atoms with Gasteiger partial charge in [-0.1, -0.05) is 37.3 Å². The molecule has 0 saturated heterocycles. The number of rotatable bonds is 11. The fourth-order valence-electron chi connectivity index (χ4n) is 3.87. The summed E-state index contributed by atoms with van der Waals surface area (Å²) in [5.74, 6) is -1.87. The molecule has 36 heavy (non-hydrogen) atoms. The van der Waals surface area contributed by atoms with Gasteiger partial charge in [-0.3, -0.25) is 4.79 Å². The number of nitrogens with one attached hydrogen (secondary N) is 2. The number of aliphatic hydroxyl groups excluding tert-OH is 1. The summed E-state index contributed by atoms with van der Waals surface area (Å²) in [6.45, 7) is 2.80. The molecule has 0 spiro atoms. The van der Waals surface area contributed by atoms with E-state index in [1.807, 2.05) is 29.6 Å². The Morgan fingerprint density at radius 3 is 2.53 bits per heavy atom. The Balaban J connectivity index is 1.45. The van der Waals surface area contributed by atoms with E-state index in [-0.39, 0.29) is 18.7 Å². The van der Waals surface area contributed by atoms with Crippen molar-refractivity contribution < 1.29 is 18.7 Å². The van der Waals surface area contributed by atoms with Crippen LogP contribution in [0.4, 0.5) is 8.78 Å². The molecule has 5 nitrogen and oxygen atoms in total. The van der Waals surface area contributed by atoms with Gasteiger partial charge < -0.3 is 15.7 Å². The van der Waals surface area contributed by atoms with Crippen LogP contribution < -0.4 is 10.6 Å². The fraction of sp³-hybridized carbons (Fsp3) is 0.259. The van der Waals surface area contributed by atoms with Gasteiger partial charge in [0.25, 0.3) is 5.91 Å². The Morgan fingerprint density at radius 1 is 1.03 bits per heavy atom. The minimum absolute atomic E-state index is 0.0521. The van der Waals surface area contributed by atoms with E-state index in [0.29, 0.717) is 12.1 Å². The van der Waals surface area contributed by atoms with Gasteiger partial charge in [-0.15, -0.1) is 22.7 Å². The van der Waals surface area contributed by atoms with Gasteiger partial charge in [-0.25, -0.2) is 13.8 Å². The van der Waals surface area contributed by atoms with E-state index in [9.17, 15) is 18.7 Å². The molecule has 0 unspecified atom stereocenters. The summed E-state index contributed by atoms with van der Waals surface area (Å²) in [4.78, 5) is 18.4. The maximum Gasteiger partial charge on any atom is 0.271 e. The quantitative estimate of drug-likeness (QED) is 0.251. The summed E-state index contributed by atoms with van der Waals surface area (Å²) in [6, 6.07) is 14.4. The zero-order valence-corrected chi connectivity index (χ0v) is 21.3. The normalized spacial score (nSPS) is 12.9. The molecule has 1 amide bonds. The lowest BCUT2D eigenvalue weighted by Gasteiger charge is -2.24. The second-order valence-electron chi connectivity index (χ2n) is 8.45. The highest BCUT2D eigenvalue weighted by Gasteiger charge is 2.24. The first-order valence-corrected chi connectivity index (χ1v) is 13.4. The molecule has 0 aliphatic rings. The van der Waals surface area contributed by atoms with Crippen LogP contribution in [0.5, 0.6) is 0 Å². The number of halogens is 2. The Hall–Kier alpha value is -2.98. The van der Waals surface area contributed by atoms with Crippen molar-refractivity contribution in [1.82, 2.24) is 15.6 Å². The van der Waals surface area contributed by atoms with Crippen LogP contribution in [0, 0.1) is 11.6 Å². The van der Waals surface area contributed by atoms with Gasteiger partial charge in [0.1, 0.15) is 22.3 Å². The Labute approximate surface area is 216 Å². The smallest absolute Gasteiger partial charge is 0.271 e. The third kappa shape index (κ3) is 7.04. The number of nitrogens with zero attached hydrogens (tertiary/aromatic N) is 1.